The summed E-state index contributed by atoms with van der Waals surface area (Å²) in [5.74, 6) is -1.14. The van der Waals surface area contributed by atoms with Crippen LogP contribution >= 0.6 is 23.4 Å². The van der Waals surface area contributed by atoms with Crippen LogP contribution < -0.4 is 5.32 Å². The van der Waals surface area contributed by atoms with Crippen LogP contribution in [0.5, 0.6) is 0 Å². The van der Waals surface area contributed by atoms with Gasteiger partial charge in [-0.15, -0.1) is 0 Å². The standard InChI is InChI=1S/C23H17ClN4O5S/c1-14-7-8-15(10-19(14)24)25-21(29)13-27-22(30)20(34-23(27)31)12-17-6-3-9-26(17)16-4-2-5-18(11-16)28(32)33/h2-12H,13H2,1H3,(H,25,29). The lowest BCUT2D eigenvalue weighted by Gasteiger charge is -2.13. The van der Waals surface area contributed by atoms with Gasteiger partial charge >= 0.3 is 0 Å². The van der Waals surface area contributed by atoms with Crippen molar-refractivity contribution in [2.45, 2.75) is 6.92 Å². The number of carbonyl (C=O) groups is 3. The highest BCUT2D eigenvalue weighted by Crippen LogP contribution is 2.33. The Labute approximate surface area is 203 Å². The van der Waals surface area contributed by atoms with Gasteiger partial charge in [-0.05, 0) is 60.7 Å². The Bertz CT molecular complexity index is 1370. The summed E-state index contributed by atoms with van der Waals surface area (Å²) in [5, 5.41) is 13.6. The van der Waals surface area contributed by atoms with Crippen LogP contribution in [0.15, 0.2) is 65.7 Å². The number of hydrogen-bond donors (Lipinski definition) is 1. The number of hydrogen-bond acceptors (Lipinski definition) is 6. The average Bonchev–Trinajstić information content (AvgIpc) is 3.36. The summed E-state index contributed by atoms with van der Waals surface area (Å²) in [4.78, 5) is 49.3. The highest BCUT2D eigenvalue weighted by molar-refractivity contribution is 8.18. The van der Waals surface area contributed by atoms with Gasteiger partial charge in [-0.3, -0.25) is 29.4 Å². The number of imide groups is 1. The molecule has 9 nitrogen and oxygen atoms in total. The highest BCUT2D eigenvalue weighted by Gasteiger charge is 2.36. The molecule has 172 valence electrons. The highest BCUT2D eigenvalue weighted by atomic mass is 35.5. The number of nitro benzene ring substituents is 1. The van der Waals surface area contributed by atoms with Gasteiger partial charge in [0.25, 0.3) is 16.8 Å². The Morgan fingerprint density at radius 1 is 1.18 bits per heavy atom. The van der Waals surface area contributed by atoms with E-state index in [2.05, 4.69) is 5.32 Å². The van der Waals surface area contributed by atoms with E-state index in [1.54, 1.807) is 53.2 Å². The zero-order valence-corrected chi connectivity index (χ0v) is 19.3. The number of nitrogens with one attached hydrogen (secondary N) is 1. The number of aromatic nitrogens is 1. The number of anilines is 1. The second-order valence-corrected chi connectivity index (χ2v) is 8.76. The third-order valence-corrected chi connectivity index (χ3v) is 6.32. The van der Waals surface area contributed by atoms with Gasteiger partial charge in [0, 0.05) is 34.7 Å². The van der Waals surface area contributed by atoms with Crippen LogP contribution in [0.3, 0.4) is 0 Å². The van der Waals surface area contributed by atoms with Crippen LogP contribution in [-0.4, -0.2) is 38.0 Å². The molecule has 1 aromatic heterocycles. The van der Waals surface area contributed by atoms with Crippen LogP contribution in [0.1, 0.15) is 11.3 Å². The number of amides is 3. The second-order valence-electron chi connectivity index (χ2n) is 7.36. The number of carbonyl (C=O) groups excluding carboxylic acids is 3. The first-order valence-corrected chi connectivity index (χ1v) is 11.2. The van der Waals surface area contributed by atoms with E-state index in [-0.39, 0.29) is 10.6 Å². The van der Waals surface area contributed by atoms with Gasteiger partial charge in [-0.2, -0.15) is 0 Å². The summed E-state index contributed by atoms with van der Waals surface area (Å²) in [7, 11) is 0. The molecule has 1 N–H and O–H groups in total. The summed E-state index contributed by atoms with van der Waals surface area (Å²) >= 11 is 6.79. The number of halogens is 1. The third-order valence-electron chi connectivity index (χ3n) is 5.01. The van der Waals surface area contributed by atoms with Crippen molar-refractivity contribution < 1.29 is 19.3 Å². The maximum absolute atomic E-state index is 12.8. The molecule has 0 radical (unpaired) electrons. The number of aryl methyl sites for hydroxylation is 1. The molecule has 1 aliphatic rings. The lowest BCUT2D eigenvalue weighted by molar-refractivity contribution is -0.384. The molecule has 1 aliphatic heterocycles. The normalized spacial score (nSPS) is 14.6. The lowest BCUT2D eigenvalue weighted by Crippen LogP contribution is -2.36. The molecule has 0 unspecified atom stereocenters. The van der Waals surface area contributed by atoms with E-state index in [1.807, 2.05) is 6.92 Å². The number of nitrogens with zero attached hydrogens (tertiary/aromatic N) is 3. The van der Waals surface area contributed by atoms with Gasteiger partial charge in [0.05, 0.1) is 15.5 Å². The van der Waals surface area contributed by atoms with E-state index in [0.29, 0.717) is 22.1 Å². The fourth-order valence-corrected chi connectivity index (χ4v) is 4.29. The van der Waals surface area contributed by atoms with Crippen LogP contribution in [0, 0.1) is 17.0 Å². The van der Waals surface area contributed by atoms with Crippen molar-refractivity contribution >= 4 is 57.9 Å². The SMILES string of the molecule is Cc1ccc(NC(=O)CN2C(=O)SC(=Cc3cccn3-c3cccc([N+](=O)[O-])c3)C2=O)cc1Cl. The van der Waals surface area contributed by atoms with Crippen molar-refractivity contribution in [1.29, 1.82) is 0 Å². The Balaban J connectivity index is 1.51. The number of rotatable bonds is 6. The topological polar surface area (TPSA) is 115 Å². The third kappa shape index (κ3) is 4.87. The fraction of sp³-hybridized carbons (Fsp3) is 0.0870. The first kappa shape index (κ1) is 23.3. The molecule has 4 rings (SSSR count). The number of nitro groups is 1. The predicted octanol–water partition coefficient (Wildman–Crippen LogP) is 5.02. The molecule has 2 heterocycles. The van der Waals surface area contributed by atoms with Crippen LogP contribution in [0.25, 0.3) is 11.8 Å². The molecule has 0 atom stereocenters. The molecule has 34 heavy (non-hydrogen) atoms. The van der Waals surface area contributed by atoms with Crippen molar-refractivity contribution in [3.63, 3.8) is 0 Å². The molecule has 2 aromatic carbocycles. The molecule has 3 aromatic rings. The van der Waals surface area contributed by atoms with Crippen LogP contribution in [0.4, 0.5) is 16.2 Å². The van der Waals surface area contributed by atoms with Gasteiger partial charge in [0.2, 0.25) is 5.91 Å². The monoisotopic (exact) mass is 496 g/mol. The average molecular weight is 497 g/mol. The van der Waals surface area contributed by atoms with Gasteiger partial charge in [-0.25, -0.2) is 0 Å². The smallest absolute Gasteiger partial charge is 0.294 e. The van der Waals surface area contributed by atoms with Crippen LogP contribution in [-0.2, 0) is 9.59 Å². The molecule has 1 saturated heterocycles. The van der Waals surface area contributed by atoms with Gasteiger partial charge < -0.3 is 9.88 Å². The fourth-order valence-electron chi connectivity index (χ4n) is 3.29. The quantitative estimate of drug-likeness (QED) is 0.291. The molecular weight excluding hydrogens is 480 g/mol. The van der Waals surface area contributed by atoms with Gasteiger partial charge in [-0.1, -0.05) is 23.7 Å². The lowest BCUT2D eigenvalue weighted by atomic mass is 10.2. The van der Waals surface area contributed by atoms with E-state index >= 15 is 0 Å². The Hall–Kier alpha value is -3.89. The zero-order valence-electron chi connectivity index (χ0n) is 17.7. The maximum Gasteiger partial charge on any atom is 0.294 e. The molecule has 0 spiro atoms. The van der Waals surface area contributed by atoms with Crippen molar-refractivity contribution in [3.05, 3.63) is 92.1 Å². The summed E-state index contributed by atoms with van der Waals surface area (Å²) in [6.07, 6.45) is 3.21. The van der Waals surface area contributed by atoms with E-state index in [9.17, 15) is 24.5 Å². The van der Waals surface area contributed by atoms with Crippen molar-refractivity contribution in [2.24, 2.45) is 0 Å². The summed E-state index contributed by atoms with van der Waals surface area (Å²) < 4.78 is 1.66. The zero-order chi connectivity index (χ0) is 24.4. The van der Waals surface area contributed by atoms with Crippen molar-refractivity contribution in [2.75, 3.05) is 11.9 Å². The number of benzene rings is 2. The summed E-state index contributed by atoms with van der Waals surface area (Å²) in [6.45, 7) is 1.38. The molecular formula is C23H17ClN4O5S. The van der Waals surface area contributed by atoms with Crippen LogP contribution in [0.2, 0.25) is 5.02 Å². The summed E-state index contributed by atoms with van der Waals surface area (Å²) in [6, 6.07) is 14.5. The van der Waals surface area contributed by atoms with E-state index in [1.165, 1.54) is 18.2 Å². The van der Waals surface area contributed by atoms with Gasteiger partial charge in [0.15, 0.2) is 0 Å². The molecule has 0 saturated carbocycles. The first-order valence-electron chi connectivity index (χ1n) is 9.96. The van der Waals surface area contributed by atoms with Gasteiger partial charge in [0.1, 0.15) is 6.54 Å². The Kier molecular flexibility index (Phi) is 6.53. The van der Waals surface area contributed by atoms with E-state index in [4.69, 9.17) is 11.6 Å². The summed E-state index contributed by atoms with van der Waals surface area (Å²) in [5.41, 5.74) is 2.31. The predicted molar refractivity (Wildman–Crippen MR) is 130 cm³/mol. The van der Waals surface area contributed by atoms with Crippen molar-refractivity contribution in [3.8, 4) is 5.69 Å². The van der Waals surface area contributed by atoms with E-state index < -0.39 is 28.5 Å². The second kappa shape index (κ2) is 9.54. The largest absolute Gasteiger partial charge is 0.324 e. The van der Waals surface area contributed by atoms with E-state index in [0.717, 1.165) is 22.2 Å². The minimum atomic E-state index is -0.598. The molecule has 0 bridgehead atoms. The minimum absolute atomic E-state index is 0.0710. The molecule has 11 heteroatoms. The number of non-ortho nitro benzene ring substituents is 1. The molecule has 1 fully saturated rings. The molecule has 3 amide bonds. The van der Waals surface area contributed by atoms with Crippen molar-refractivity contribution in [1.82, 2.24) is 9.47 Å². The Morgan fingerprint density at radius 3 is 2.71 bits per heavy atom. The Morgan fingerprint density at radius 2 is 1.97 bits per heavy atom. The minimum Gasteiger partial charge on any atom is -0.324 e. The molecule has 0 aliphatic carbocycles. The first-order chi connectivity index (χ1) is 16.2. The maximum atomic E-state index is 12.8. The number of thioether (sulfide) groups is 1.